The zero-order valence-electron chi connectivity index (χ0n) is 8.20. The summed E-state index contributed by atoms with van der Waals surface area (Å²) in [4.78, 5) is 22.8. The number of rotatable bonds is 2. The van der Waals surface area contributed by atoms with E-state index >= 15 is 0 Å². The van der Waals surface area contributed by atoms with Gasteiger partial charge in [-0.1, -0.05) is 0 Å². The number of benzene rings is 1. The topological polar surface area (TPSA) is 52.6 Å². The highest BCUT2D eigenvalue weighted by Gasteiger charge is 2.30. The van der Waals surface area contributed by atoms with Crippen LogP contribution in [0, 0.1) is 0 Å². The van der Waals surface area contributed by atoms with E-state index in [0.717, 1.165) is 0 Å². The third kappa shape index (κ3) is 1.48. The first-order valence-corrected chi connectivity index (χ1v) is 5.01. The molecule has 0 N–H and O–H groups in total. The minimum Gasteiger partial charge on any atom is -0.493 e. The van der Waals surface area contributed by atoms with Crippen molar-refractivity contribution >= 4 is 22.0 Å². The van der Waals surface area contributed by atoms with Gasteiger partial charge in [-0.05, 0) is 23.9 Å². The molecule has 1 heterocycles. The Kier molecular flexibility index (Phi) is 2.40. The Morgan fingerprint density at radius 3 is 1.67 bits per heavy atom. The molecule has 1 aliphatic rings. The van der Waals surface area contributed by atoms with Gasteiger partial charge < -0.3 is 9.47 Å². The van der Waals surface area contributed by atoms with E-state index in [-0.39, 0.29) is 10.2 Å². The molecular weight excluding hydrogens is 216 g/mol. The summed E-state index contributed by atoms with van der Waals surface area (Å²) in [6, 6.07) is 3.07. The third-order valence-corrected chi connectivity index (χ3v) is 2.96. The van der Waals surface area contributed by atoms with Crippen LogP contribution in [0.1, 0.15) is 20.7 Å². The van der Waals surface area contributed by atoms with Crippen molar-refractivity contribution in [2.75, 3.05) is 14.2 Å². The molecule has 0 radical (unpaired) electrons. The third-order valence-electron chi connectivity index (χ3n) is 2.15. The molecule has 0 fully saturated rings. The molecule has 15 heavy (non-hydrogen) atoms. The summed E-state index contributed by atoms with van der Waals surface area (Å²) in [6.07, 6.45) is 0. The predicted molar refractivity (Wildman–Crippen MR) is 55.8 cm³/mol. The van der Waals surface area contributed by atoms with Gasteiger partial charge in [0.05, 0.1) is 14.2 Å². The molecule has 1 aromatic carbocycles. The fraction of sp³-hybridized carbons (Fsp3) is 0.200. The van der Waals surface area contributed by atoms with Crippen molar-refractivity contribution in [3.8, 4) is 11.5 Å². The number of thioether (sulfide) groups is 1. The molecule has 0 saturated carbocycles. The van der Waals surface area contributed by atoms with E-state index < -0.39 is 0 Å². The molecule has 0 aliphatic carbocycles. The summed E-state index contributed by atoms with van der Waals surface area (Å²) in [5, 5.41) is -0.480. The zero-order chi connectivity index (χ0) is 11.0. The summed E-state index contributed by atoms with van der Waals surface area (Å²) >= 11 is 0.699. The van der Waals surface area contributed by atoms with Crippen molar-refractivity contribution in [2.45, 2.75) is 0 Å². The van der Waals surface area contributed by atoms with Gasteiger partial charge in [0.15, 0.2) is 11.5 Å². The summed E-state index contributed by atoms with van der Waals surface area (Å²) in [5.41, 5.74) is 0.783. The second kappa shape index (κ2) is 3.58. The van der Waals surface area contributed by atoms with Crippen LogP contribution in [0.3, 0.4) is 0 Å². The van der Waals surface area contributed by atoms with E-state index in [2.05, 4.69) is 0 Å². The molecule has 0 bridgehead atoms. The highest BCUT2D eigenvalue weighted by Crippen LogP contribution is 2.38. The standard InChI is InChI=1S/C10H8O4S/c1-13-7-3-5-6(4-8(7)14-2)10(12)15-9(5)11/h3-4H,1-2H3. The number of fused-ring (bicyclic) bond motifs is 1. The number of hydrogen-bond acceptors (Lipinski definition) is 5. The lowest BCUT2D eigenvalue weighted by atomic mass is 10.1. The first kappa shape index (κ1) is 10.0. The first-order valence-electron chi connectivity index (χ1n) is 4.20. The van der Waals surface area contributed by atoms with Crippen molar-refractivity contribution < 1.29 is 19.1 Å². The smallest absolute Gasteiger partial charge is 0.228 e. The van der Waals surface area contributed by atoms with Crippen LogP contribution in [0.5, 0.6) is 11.5 Å². The second-order valence-electron chi connectivity index (χ2n) is 2.93. The number of carbonyl (C=O) groups excluding carboxylic acids is 2. The van der Waals surface area contributed by atoms with Gasteiger partial charge in [-0.25, -0.2) is 0 Å². The molecule has 4 nitrogen and oxygen atoms in total. The number of methoxy groups -OCH3 is 2. The van der Waals surface area contributed by atoms with Crippen molar-refractivity contribution in [1.29, 1.82) is 0 Å². The normalized spacial score (nSPS) is 14.0. The van der Waals surface area contributed by atoms with Gasteiger partial charge in [-0.3, -0.25) is 9.59 Å². The minimum atomic E-state index is -0.240. The lowest BCUT2D eigenvalue weighted by Crippen LogP contribution is -1.96. The van der Waals surface area contributed by atoms with Crippen LogP contribution < -0.4 is 9.47 Å². The number of hydrogen-bond donors (Lipinski definition) is 0. The van der Waals surface area contributed by atoms with Crippen LogP contribution in [0.25, 0.3) is 0 Å². The summed E-state index contributed by atoms with van der Waals surface area (Å²) in [7, 11) is 2.97. The van der Waals surface area contributed by atoms with Gasteiger partial charge >= 0.3 is 0 Å². The van der Waals surface area contributed by atoms with Gasteiger partial charge in [0.25, 0.3) is 0 Å². The fourth-order valence-corrected chi connectivity index (χ4v) is 2.14. The Hall–Kier alpha value is -1.49. The summed E-state index contributed by atoms with van der Waals surface area (Å²) in [6.45, 7) is 0. The van der Waals surface area contributed by atoms with Gasteiger partial charge in [0.1, 0.15) is 0 Å². The molecule has 0 spiro atoms. The lowest BCUT2D eigenvalue weighted by molar-refractivity contribution is 0.108. The molecule has 5 heteroatoms. The molecule has 2 rings (SSSR count). The predicted octanol–water partition coefficient (Wildman–Crippen LogP) is 1.73. The average molecular weight is 224 g/mol. The van der Waals surface area contributed by atoms with E-state index in [1.165, 1.54) is 26.4 Å². The van der Waals surface area contributed by atoms with E-state index in [4.69, 9.17) is 9.47 Å². The Labute approximate surface area is 90.6 Å². The quantitative estimate of drug-likeness (QED) is 0.765. The largest absolute Gasteiger partial charge is 0.493 e. The SMILES string of the molecule is COc1cc2c(cc1OC)C(=O)SC2=O. The lowest BCUT2D eigenvalue weighted by Gasteiger charge is -2.08. The Bertz CT molecular complexity index is 412. The van der Waals surface area contributed by atoms with Crippen LogP contribution in [-0.4, -0.2) is 24.5 Å². The van der Waals surface area contributed by atoms with E-state index in [0.29, 0.717) is 34.4 Å². The van der Waals surface area contributed by atoms with Gasteiger partial charge in [0.2, 0.25) is 10.2 Å². The monoisotopic (exact) mass is 224 g/mol. The van der Waals surface area contributed by atoms with E-state index in [9.17, 15) is 9.59 Å². The molecule has 0 atom stereocenters. The minimum absolute atomic E-state index is 0.240. The van der Waals surface area contributed by atoms with E-state index in [1.807, 2.05) is 0 Å². The van der Waals surface area contributed by atoms with Gasteiger partial charge in [-0.2, -0.15) is 0 Å². The molecule has 1 aromatic rings. The Morgan fingerprint density at radius 2 is 1.33 bits per heavy atom. The number of carbonyl (C=O) groups is 2. The average Bonchev–Trinajstić information content (AvgIpc) is 2.52. The zero-order valence-corrected chi connectivity index (χ0v) is 9.01. The van der Waals surface area contributed by atoms with Crippen LogP contribution >= 0.6 is 11.8 Å². The van der Waals surface area contributed by atoms with Crippen LogP contribution in [-0.2, 0) is 0 Å². The van der Waals surface area contributed by atoms with Crippen molar-refractivity contribution in [2.24, 2.45) is 0 Å². The Morgan fingerprint density at radius 1 is 0.933 bits per heavy atom. The van der Waals surface area contributed by atoms with Gasteiger partial charge in [0, 0.05) is 11.1 Å². The molecule has 0 saturated heterocycles. The molecule has 0 aromatic heterocycles. The van der Waals surface area contributed by atoms with E-state index in [1.54, 1.807) is 0 Å². The second-order valence-corrected chi connectivity index (χ2v) is 3.88. The van der Waals surface area contributed by atoms with Crippen molar-refractivity contribution in [3.63, 3.8) is 0 Å². The highest BCUT2D eigenvalue weighted by molar-refractivity contribution is 8.27. The maximum absolute atomic E-state index is 11.4. The van der Waals surface area contributed by atoms with Crippen LogP contribution in [0.2, 0.25) is 0 Å². The van der Waals surface area contributed by atoms with Crippen molar-refractivity contribution in [3.05, 3.63) is 23.3 Å². The molecule has 0 amide bonds. The maximum Gasteiger partial charge on any atom is 0.228 e. The molecule has 78 valence electrons. The van der Waals surface area contributed by atoms with Crippen LogP contribution in [0.15, 0.2) is 12.1 Å². The summed E-state index contributed by atoms with van der Waals surface area (Å²) in [5.74, 6) is 0.916. The van der Waals surface area contributed by atoms with Crippen molar-refractivity contribution in [1.82, 2.24) is 0 Å². The molecule has 0 unspecified atom stereocenters. The molecular formula is C10H8O4S. The molecule has 1 aliphatic heterocycles. The Balaban J connectivity index is 2.63. The van der Waals surface area contributed by atoms with Gasteiger partial charge in [-0.15, -0.1) is 0 Å². The first-order chi connectivity index (χ1) is 7.17. The summed E-state index contributed by atoms with van der Waals surface area (Å²) < 4.78 is 10.1. The van der Waals surface area contributed by atoms with Crippen LogP contribution in [0.4, 0.5) is 0 Å². The number of ether oxygens (including phenoxy) is 2. The highest BCUT2D eigenvalue weighted by atomic mass is 32.2. The maximum atomic E-state index is 11.4. The fourth-order valence-electron chi connectivity index (χ4n) is 1.41.